The molecule has 5 heteroatoms. The first-order valence-electron chi connectivity index (χ1n) is 6.71. The molecule has 0 saturated carbocycles. The van der Waals surface area contributed by atoms with Gasteiger partial charge in [-0.25, -0.2) is 0 Å². The predicted octanol–water partition coefficient (Wildman–Crippen LogP) is 5.49. The summed E-state index contributed by atoms with van der Waals surface area (Å²) in [4.78, 5) is 0.664. The molecule has 0 atom stereocenters. The van der Waals surface area contributed by atoms with Gasteiger partial charge in [0.1, 0.15) is 5.69 Å². The Balaban J connectivity index is 2.12. The van der Waals surface area contributed by atoms with Gasteiger partial charge in [0, 0.05) is 27.9 Å². The topological polar surface area (TPSA) is 38.4 Å². The monoisotopic (exact) mass is 410 g/mol. The van der Waals surface area contributed by atoms with Crippen LogP contribution >= 0.6 is 31.9 Å². The maximum absolute atomic E-state index is 12.0. The second kappa shape index (κ2) is 8.29. The van der Waals surface area contributed by atoms with Gasteiger partial charge in [0.05, 0.1) is 0 Å². The van der Waals surface area contributed by atoms with Crippen molar-refractivity contribution in [3.8, 4) is 0 Å². The Morgan fingerprint density at radius 3 is 1.76 bits per heavy atom. The third-order valence-electron chi connectivity index (χ3n) is 3.07. The van der Waals surface area contributed by atoms with Crippen molar-refractivity contribution in [3.63, 3.8) is 0 Å². The summed E-state index contributed by atoms with van der Waals surface area (Å²) in [7, 11) is 0. The Hall–Kier alpha value is -1.20. The molecule has 0 unspecified atom stereocenters. The van der Waals surface area contributed by atoms with Crippen molar-refractivity contribution in [1.82, 2.24) is 0 Å². The summed E-state index contributed by atoms with van der Waals surface area (Å²) in [5, 5.41) is 17.9. The van der Waals surface area contributed by atoms with E-state index in [1.165, 1.54) is 11.1 Å². The Kier molecular flexibility index (Phi) is 6.39. The molecule has 2 aromatic carbocycles. The molecule has 110 valence electrons. The van der Waals surface area contributed by atoms with Crippen LogP contribution in [0.1, 0.15) is 11.1 Å². The summed E-state index contributed by atoms with van der Waals surface area (Å²) >= 11 is 6.81. The number of alkyl halides is 2. The molecule has 0 heterocycles. The van der Waals surface area contributed by atoms with Gasteiger partial charge in [-0.3, -0.25) is 0 Å². The van der Waals surface area contributed by atoms with Gasteiger partial charge in [0.25, 0.3) is 0 Å². The van der Waals surface area contributed by atoms with E-state index < -0.39 is 0 Å². The van der Waals surface area contributed by atoms with Gasteiger partial charge in [-0.2, -0.15) is 0 Å². The third kappa shape index (κ3) is 4.93. The molecular formula is C16H16Br2N2O. The maximum atomic E-state index is 12.0. The van der Waals surface area contributed by atoms with E-state index in [1.807, 2.05) is 36.4 Å². The Morgan fingerprint density at radius 1 is 0.810 bits per heavy atom. The molecule has 0 aliphatic rings. The molecule has 0 bridgehead atoms. The fraction of sp³-hybridized carbons (Fsp3) is 0.250. The van der Waals surface area contributed by atoms with Gasteiger partial charge in [0.15, 0.2) is 0 Å². The van der Waals surface area contributed by atoms with E-state index in [0.717, 1.165) is 23.5 Å². The van der Waals surface area contributed by atoms with Crippen molar-refractivity contribution in [2.24, 2.45) is 5.11 Å². The molecule has 21 heavy (non-hydrogen) atoms. The van der Waals surface area contributed by atoms with Crippen LogP contribution in [0.5, 0.6) is 0 Å². The van der Waals surface area contributed by atoms with E-state index in [0.29, 0.717) is 16.2 Å². The molecule has 0 fully saturated rings. The number of rotatable bonds is 6. The SMILES string of the molecule is [O-][N+](=Nc1ccc(CCBr)cc1)c1ccc(CCBr)cc1. The highest BCUT2D eigenvalue weighted by Crippen LogP contribution is 2.19. The summed E-state index contributed by atoms with van der Waals surface area (Å²) < 4.78 is 0. The van der Waals surface area contributed by atoms with Gasteiger partial charge in [0.2, 0.25) is 5.69 Å². The van der Waals surface area contributed by atoms with E-state index in [-0.39, 0.29) is 0 Å². The summed E-state index contributed by atoms with van der Waals surface area (Å²) in [6.45, 7) is 0. The number of hydrogen-bond donors (Lipinski definition) is 0. The van der Waals surface area contributed by atoms with E-state index in [2.05, 4.69) is 37.0 Å². The Labute approximate surface area is 141 Å². The highest BCUT2D eigenvalue weighted by Gasteiger charge is 2.04. The summed E-state index contributed by atoms with van der Waals surface area (Å²) in [5.41, 5.74) is 3.62. The Morgan fingerprint density at radius 2 is 1.29 bits per heavy atom. The fourth-order valence-corrected chi connectivity index (χ4v) is 2.82. The van der Waals surface area contributed by atoms with E-state index in [1.54, 1.807) is 12.1 Å². The lowest BCUT2D eigenvalue weighted by Gasteiger charge is -2.02. The van der Waals surface area contributed by atoms with Crippen LogP contribution in [-0.2, 0) is 12.8 Å². The fourth-order valence-electron chi connectivity index (χ4n) is 1.90. The van der Waals surface area contributed by atoms with Gasteiger partial charge < -0.3 is 5.21 Å². The van der Waals surface area contributed by atoms with Crippen LogP contribution in [-0.4, -0.2) is 15.5 Å². The van der Waals surface area contributed by atoms with Crippen molar-refractivity contribution in [2.75, 3.05) is 10.7 Å². The van der Waals surface area contributed by atoms with Gasteiger partial charge in [-0.1, -0.05) is 61.0 Å². The van der Waals surface area contributed by atoms with Crippen molar-refractivity contribution in [1.29, 1.82) is 0 Å². The zero-order valence-electron chi connectivity index (χ0n) is 11.5. The first kappa shape index (κ1) is 16.2. The average Bonchev–Trinajstić information content (AvgIpc) is 2.50. The van der Waals surface area contributed by atoms with Gasteiger partial charge in [-0.05, 0) is 36.1 Å². The molecule has 0 aromatic heterocycles. The molecule has 2 rings (SSSR count). The van der Waals surface area contributed by atoms with E-state index in [9.17, 15) is 5.21 Å². The van der Waals surface area contributed by atoms with Crippen LogP contribution in [0.15, 0.2) is 53.6 Å². The number of hydrogen-bond acceptors (Lipinski definition) is 2. The minimum Gasteiger partial charge on any atom is -0.594 e. The molecular weight excluding hydrogens is 396 g/mol. The second-order valence-corrected chi connectivity index (χ2v) is 6.17. The van der Waals surface area contributed by atoms with Crippen molar-refractivity contribution in [2.45, 2.75) is 12.8 Å². The molecule has 0 aliphatic heterocycles. The van der Waals surface area contributed by atoms with Crippen molar-refractivity contribution in [3.05, 3.63) is 64.9 Å². The van der Waals surface area contributed by atoms with E-state index >= 15 is 0 Å². The minimum absolute atomic E-state index is 0.540. The molecule has 2 aromatic rings. The summed E-state index contributed by atoms with van der Waals surface area (Å²) in [5.74, 6) is 0. The van der Waals surface area contributed by atoms with Crippen LogP contribution in [0, 0.1) is 5.21 Å². The lowest BCUT2D eigenvalue weighted by atomic mass is 10.1. The standard InChI is InChI=1S/C16H16Br2N2O/c17-11-9-13-1-5-15(6-2-13)19-20(21)16-7-3-14(4-8-16)10-12-18/h1-8H,9-12H2. The minimum atomic E-state index is 0.540. The molecule has 0 amide bonds. The lowest BCUT2D eigenvalue weighted by molar-refractivity contribution is -0.435. The van der Waals surface area contributed by atoms with Gasteiger partial charge >= 0.3 is 0 Å². The number of aryl methyl sites for hydroxylation is 2. The highest BCUT2D eigenvalue weighted by molar-refractivity contribution is 9.09. The van der Waals surface area contributed by atoms with Crippen LogP contribution in [0.3, 0.4) is 0 Å². The van der Waals surface area contributed by atoms with Gasteiger partial charge in [-0.15, -0.1) is 0 Å². The van der Waals surface area contributed by atoms with Crippen molar-refractivity contribution < 1.29 is 4.86 Å². The summed E-state index contributed by atoms with van der Waals surface area (Å²) in [6, 6.07) is 15.2. The van der Waals surface area contributed by atoms with Crippen LogP contribution in [0.25, 0.3) is 0 Å². The van der Waals surface area contributed by atoms with Crippen LogP contribution < -0.4 is 0 Å². The first-order chi connectivity index (χ1) is 10.2. The number of benzene rings is 2. The average molecular weight is 412 g/mol. The molecule has 3 nitrogen and oxygen atoms in total. The largest absolute Gasteiger partial charge is 0.594 e. The molecule has 0 spiro atoms. The molecule has 0 saturated heterocycles. The lowest BCUT2D eigenvalue weighted by Crippen LogP contribution is -1.92. The molecule has 0 radical (unpaired) electrons. The van der Waals surface area contributed by atoms with Crippen molar-refractivity contribution >= 4 is 43.2 Å². The zero-order valence-corrected chi connectivity index (χ0v) is 14.7. The predicted molar refractivity (Wildman–Crippen MR) is 93.3 cm³/mol. The number of halogens is 2. The van der Waals surface area contributed by atoms with Crippen LogP contribution in [0.4, 0.5) is 11.4 Å². The highest BCUT2D eigenvalue weighted by atomic mass is 79.9. The summed E-state index contributed by atoms with van der Waals surface area (Å²) in [6.07, 6.45) is 1.92. The first-order valence-corrected chi connectivity index (χ1v) is 8.96. The maximum Gasteiger partial charge on any atom is 0.244 e. The number of nitrogens with zero attached hydrogens (tertiary/aromatic N) is 2. The second-order valence-electron chi connectivity index (χ2n) is 4.58. The molecule has 0 aliphatic carbocycles. The number of azo groups is 1. The third-order valence-corrected chi connectivity index (χ3v) is 3.86. The van der Waals surface area contributed by atoms with E-state index in [4.69, 9.17) is 0 Å². The molecule has 0 N–H and O–H groups in total. The quantitative estimate of drug-likeness (QED) is 0.268. The smallest absolute Gasteiger partial charge is 0.244 e. The zero-order chi connectivity index (χ0) is 15.1. The Bertz CT molecular complexity index is 595. The van der Waals surface area contributed by atoms with Crippen LogP contribution in [0.2, 0.25) is 0 Å². The normalized spacial score (nSPS) is 11.6.